The van der Waals surface area contributed by atoms with Gasteiger partial charge in [-0.3, -0.25) is 0 Å². The maximum atomic E-state index is 9.95. The first-order chi connectivity index (χ1) is 10.7. The van der Waals surface area contributed by atoms with Crippen molar-refractivity contribution in [3.8, 4) is 11.5 Å². The van der Waals surface area contributed by atoms with E-state index in [4.69, 9.17) is 9.47 Å². The van der Waals surface area contributed by atoms with Gasteiger partial charge in [-0.2, -0.15) is 0 Å². The average Bonchev–Trinajstić information content (AvgIpc) is 2.55. The number of phenolic OH excluding ortho intramolecular Hbond substituents is 1. The van der Waals surface area contributed by atoms with Crippen molar-refractivity contribution in [2.45, 2.75) is 31.7 Å². The molecule has 1 aromatic carbocycles. The molecule has 118 valence electrons. The van der Waals surface area contributed by atoms with Crippen LogP contribution in [0.1, 0.15) is 36.4 Å². The predicted octanol–water partition coefficient (Wildman–Crippen LogP) is 3.23. The number of nitrogens with one attached hydrogen (secondary N) is 1. The van der Waals surface area contributed by atoms with Crippen LogP contribution in [0.2, 0.25) is 0 Å². The fraction of sp³-hybridized carbons (Fsp3) is 0.444. The summed E-state index contributed by atoms with van der Waals surface area (Å²) in [4.78, 5) is 0. The summed E-state index contributed by atoms with van der Waals surface area (Å²) in [7, 11) is 3.32. The summed E-state index contributed by atoms with van der Waals surface area (Å²) in [5.41, 5.74) is 3.88. The first kappa shape index (κ1) is 15.0. The molecule has 0 saturated heterocycles. The predicted molar refractivity (Wildman–Crippen MR) is 86.1 cm³/mol. The molecule has 22 heavy (non-hydrogen) atoms. The minimum Gasteiger partial charge on any atom is -0.504 e. The van der Waals surface area contributed by atoms with E-state index in [9.17, 15) is 5.11 Å². The third-order valence-corrected chi connectivity index (χ3v) is 4.51. The van der Waals surface area contributed by atoms with E-state index < -0.39 is 0 Å². The minimum atomic E-state index is 0.228. The topological polar surface area (TPSA) is 50.7 Å². The van der Waals surface area contributed by atoms with E-state index in [0.29, 0.717) is 5.75 Å². The molecule has 0 spiro atoms. The van der Waals surface area contributed by atoms with Gasteiger partial charge in [0, 0.05) is 12.5 Å². The third-order valence-electron chi connectivity index (χ3n) is 4.51. The molecule has 1 unspecified atom stereocenters. The smallest absolute Gasteiger partial charge is 0.160 e. The summed E-state index contributed by atoms with van der Waals surface area (Å²) in [5, 5.41) is 13.5. The lowest BCUT2D eigenvalue weighted by Crippen LogP contribution is -2.30. The van der Waals surface area contributed by atoms with Crippen molar-refractivity contribution in [3.63, 3.8) is 0 Å². The van der Waals surface area contributed by atoms with Crippen LogP contribution in [0, 0.1) is 0 Å². The van der Waals surface area contributed by atoms with Crippen molar-refractivity contribution >= 4 is 0 Å². The molecule has 1 aromatic rings. The number of allylic oxidation sites excluding steroid dienone is 2. The first-order valence-corrected chi connectivity index (χ1v) is 7.75. The maximum absolute atomic E-state index is 9.95. The van der Waals surface area contributed by atoms with Gasteiger partial charge in [-0.05, 0) is 55.1 Å². The summed E-state index contributed by atoms with van der Waals surface area (Å²) in [6.45, 7) is 0.940. The number of ether oxygens (including phenoxy) is 2. The van der Waals surface area contributed by atoms with Crippen LogP contribution in [-0.4, -0.2) is 25.9 Å². The molecule has 2 N–H and O–H groups in total. The minimum absolute atomic E-state index is 0.228. The molecule has 1 atom stereocenters. The van der Waals surface area contributed by atoms with Gasteiger partial charge in [0.05, 0.1) is 20.0 Å². The molecule has 4 heteroatoms. The van der Waals surface area contributed by atoms with Gasteiger partial charge in [-0.25, -0.2) is 0 Å². The van der Waals surface area contributed by atoms with Crippen LogP contribution in [0.3, 0.4) is 0 Å². The molecule has 0 saturated carbocycles. The Bertz CT molecular complexity index is 619. The molecule has 0 radical (unpaired) electrons. The Morgan fingerprint density at radius 3 is 2.73 bits per heavy atom. The Morgan fingerprint density at radius 2 is 2.05 bits per heavy atom. The highest BCUT2D eigenvalue weighted by atomic mass is 16.5. The van der Waals surface area contributed by atoms with Crippen molar-refractivity contribution in [1.82, 2.24) is 5.32 Å². The van der Waals surface area contributed by atoms with Crippen molar-refractivity contribution in [2.75, 3.05) is 20.8 Å². The Balaban J connectivity index is 1.79. The van der Waals surface area contributed by atoms with Gasteiger partial charge in [0.15, 0.2) is 11.5 Å². The molecule has 0 fully saturated rings. The molecule has 3 rings (SSSR count). The van der Waals surface area contributed by atoms with Crippen LogP contribution in [0.15, 0.2) is 35.6 Å². The molecule has 2 aliphatic rings. The molecular weight excluding hydrogens is 278 g/mol. The third kappa shape index (κ3) is 2.97. The first-order valence-electron chi connectivity index (χ1n) is 7.75. The average molecular weight is 301 g/mol. The SMILES string of the molecule is COC1=CCC(CC2NCCc3cc(O)c(OC)cc32)=CC1. The Hall–Kier alpha value is -1.94. The quantitative estimate of drug-likeness (QED) is 0.838. The summed E-state index contributed by atoms with van der Waals surface area (Å²) in [6, 6.07) is 4.10. The zero-order valence-electron chi connectivity index (χ0n) is 13.2. The van der Waals surface area contributed by atoms with Gasteiger partial charge in [-0.1, -0.05) is 11.6 Å². The van der Waals surface area contributed by atoms with Gasteiger partial charge in [0.2, 0.25) is 0 Å². The van der Waals surface area contributed by atoms with Crippen LogP contribution in [0.4, 0.5) is 0 Å². The molecular formula is C18H23NO3. The lowest BCUT2D eigenvalue weighted by atomic mass is 9.88. The summed E-state index contributed by atoms with van der Waals surface area (Å²) >= 11 is 0. The highest BCUT2D eigenvalue weighted by Crippen LogP contribution is 2.37. The van der Waals surface area contributed by atoms with Crippen LogP contribution in [0.25, 0.3) is 0 Å². The van der Waals surface area contributed by atoms with Crippen LogP contribution < -0.4 is 10.1 Å². The van der Waals surface area contributed by atoms with Crippen LogP contribution >= 0.6 is 0 Å². The second-order valence-corrected chi connectivity index (χ2v) is 5.83. The number of benzene rings is 1. The molecule has 1 aliphatic heterocycles. The largest absolute Gasteiger partial charge is 0.504 e. The van der Waals surface area contributed by atoms with Crippen molar-refractivity contribution < 1.29 is 14.6 Å². The van der Waals surface area contributed by atoms with Gasteiger partial charge >= 0.3 is 0 Å². The lowest BCUT2D eigenvalue weighted by molar-refractivity contribution is 0.281. The summed E-state index contributed by atoms with van der Waals surface area (Å²) in [5.74, 6) is 1.82. The van der Waals surface area contributed by atoms with Crippen molar-refractivity contribution in [2.24, 2.45) is 0 Å². The Labute approximate surface area is 131 Å². The van der Waals surface area contributed by atoms with E-state index in [1.807, 2.05) is 12.1 Å². The maximum Gasteiger partial charge on any atom is 0.160 e. The fourth-order valence-corrected chi connectivity index (χ4v) is 3.26. The molecule has 1 heterocycles. The van der Waals surface area contributed by atoms with E-state index >= 15 is 0 Å². The Kier molecular flexibility index (Phi) is 4.39. The van der Waals surface area contributed by atoms with Gasteiger partial charge in [-0.15, -0.1) is 0 Å². The zero-order valence-corrected chi connectivity index (χ0v) is 13.2. The van der Waals surface area contributed by atoms with E-state index in [0.717, 1.165) is 38.0 Å². The number of phenols is 1. The summed E-state index contributed by atoms with van der Waals surface area (Å²) in [6.07, 6.45) is 8.18. The number of rotatable bonds is 4. The van der Waals surface area contributed by atoms with E-state index in [1.165, 1.54) is 16.7 Å². The molecule has 0 aromatic heterocycles. The van der Waals surface area contributed by atoms with E-state index in [2.05, 4.69) is 17.5 Å². The highest BCUT2D eigenvalue weighted by Gasteiger charge is 2.23. The number of aromatic hydroxyl groups is 1. The second-order valence-electron chi connectivity index (χ2n) is 5.83. The summed E-state index contributed by atoms with van der Waals surface area (Å²) < 4.78 is 10.5. The number of hydrogen-bond donors (Lipinski definition) is 2. The number of methoxy groups -OCH3 is 2. The molecule has 1 aliphatic carbocycles. The number of fused-ring (bicyclic) bond motifs is 1. The Morgan fingerprint density at radius 1 is 1.18 bits per heavy atom. The fourth-order valence-electron chi connectivity index (χ4n) is 3.26. The van der Waals surface area contributed by atoms with Crippen molar-refractivity contribution in [3.05, 3.63) is 46.7 Å². The second kappa shape index (κ2) is 6.44. The normalized spacial score (nSPS) is 20.7. The standard InChI is InChI=1S/C18H23NO3/c1-21-14-5-3-12(4-6-14)9-16-15-11-18(22-2)17(20)10-13(15)7-8-19-16/h3,6,10-11,16,19-20H,4-5,7-9H2,1-2H3. The van der Waals surface area contributed by atoms with Gasteiger partial charge < -0.3 is 19.9 Å². The van der Waals surface area contributed by atoms with Gasteiger partial charge in [0.1, 0.15) is 0 Å². The van der Waals surface area contributed by atoms with Crippen LogP contribution in [-0.2, 0) is 11.2 Å². The van der Waals surface area contributed by atoms with Gasteiger partial charge in [0.25, 0.3) is 0 Å². The lowest BCUT2D eigenvalue weighted by Gasteiger charge is -2.29. The molecule has 4 nitrogen and oxygen atoms in total. The molecule has 0 bridgehead atoms. The van der Waals surface area contributed by atoms with Crippen molar-refractivity contribution in [1.29, 1.82) is 0 Å². The molecule has 0 amide bonds. The monoisotopic (exact) mass is 301 g/mol. The zero-order chi connectivity index (χ0) is 15.5. The van der Waals surface area contributed by atoms with E-state index in [1.54, 1.807) is 14.2 Å². The number of hydrogen-bond acceptors (Lipinski definition) is 4. The van der Waals surface area contributed by atoms with Crippen LogP contribution in [0.5, 0.6) is 11.5 Å². The van der Waals surface area contributed by atoms with E-state index in [-0.39, 0.29) is 11.8 Å². The highest BCUT2D eigenvalue weighted by molar-refractivity contribution is 5.49.